The van der Waals surface area contributed by atoms with Gasteiger partial charge in [0.1, 0.15) is 0 Å². The molecule has 2 heterocycles. The van der Waals surface area contributed by atoms with E-state index in [0.717, 1.165) is 12.8 Å². The number of nitrogens with one attached hydrogen (secondary N) is 2. The highest BCUT2D eigenvalue weighted by Gasteiger charge is 2.34. The minimum absolute atomic E-state index is 0.0283. The molecule has 1 aromatic carbocycles. The highest BCUT2D eigenvalue weighted by Crippen LogP contribution is 2.27. The second-order valence-corrected chi connectivity index (χ2v) is 6.23. The summed E-state index contributed by atoms with van der Waals surface area (Å²) in [5.41, 5.74) is 1.05. The smallest absolute Gasteiger partial charge is 0.273 e. The Hall–Kier alpha value is -1.95. The predicted octanol–water partition coefficient (Wildman–Crippen LogP) is 2.17. The summed E-state index contributed by atoms with van der Waals surface area (Å²) >= 11 is 0. The zero-order chi connectivity index (χ0) is 15.7. The first-order valence-corrected chi connectivity index (χ1v) is 7.91. The molecule has 2 fully saturated rings. The van der Waals surface area contributed by atoms with Gasteiger partial charge in [-0.2, -0.15) is 0 Å². The van der Waals surface area contributed by atoms with Crippen molar-refractivity contribution in [2.24, 2.45) is 0 Å². The van der Waals surface area contributed by atoms with Gasteiger partial charge in [-0.3, -0.25) is 14.9 Å². The number of hydrogen-bond donors (Lipinski definition) is 2. The van der Waals surface area contributed by atoms with Crippen LogP contribution in [0.25, 0.3) is 0 Å². The fourth-order valence-electron chi connectivity index (χ4n) is 3.62. The minimum Gasteiger partial charge on any atom is -0.349 e. The maximum atomic E-state index is 12.4. The first-order valence-electron chi connectivity index (χ1n) is 7.91. The third-order valence-corrected chi connectivity index (χ3v) is 4.73. The molecular weight excluding hydrogens is 282 g/mol. The van der Waals surface area contributed by atoms with Crippen LogP contribution in [-0.2, 0) is 6.42 Å². The Morgan fingerprint density at radius 2 is 2.05 bits per heavy atom. The Bertz CT molecular complexity index is 590. The molecule has 2 saturated heterocycles. The van der Waals surface area contributed by atoms with Crippen LogP contribution in [-0.4, -0.2) is 29.0 Å². The molecule has 0 spiro atoms. The van der Waals surface area contributed by atoms with E-state index in [0.29, 0.717) is 29.6 Å². The molecule has 2 atom stereocenters. The van der Waals surface area contributed by atoms with Crippen molar-refractivity contribution in [1.29, 1.82) is 0 Å². The Morgan fingerprint density at radius 1 is 1.36 bits per heavy atom. The maximum absolute atomic E-state index is 12.4. The van der Waals surface area contributed by atoms with Crippen LogP contribution in [0.15, 0.2) is 18.2 Å². The molecule has 2 aliphatic rings. The Balaban J connectivity index is 1.72. The Kier molecular flexibility index (Phi) is 4.11. The van der Waals surface area contributed by atoms with Crippen LogP contribution in [0, 0.1) is 10.1 Å². The molecule has 0 radical (unpaired) electrons. The third kappa shape index (κ3) is 2.97. The van der Waals surface area contributed by atoms with Gasteiger partial charge in [0.15, 0.2) is 0 Å². The number of piperidine rings is 1. The van der Waals surface area contributed by atoms with Gasteiger partial charge in [-0.25, -0.2) is 0 Å². The summed E-state index contributed by atoms with van der Waals surface area (Å²) in [5.74, 6) is -0.211. The fourth-order valence-corrected chi connectivity index (χ4v) is 3.62. The van der Waals surface area contributed by atoms with Crippen molar-refractivity contribution in [3.63, 3.8) is 0 Å². The van der Waals surface area contributed by atoms with Crippen LogP contribution in [0.4, 0.5) is 5.69 Å². The Labute approximate surface area is 129 Å². The van der Waals surface area contributed by atoms with Crippen molar-refractivity contribution in [3.8, 4) is 0 Å². The molecule has 1 aromatic rings. The zero-order valence-electron chi connectivity index (χ0n) is 12.7. The first kappa shape index (κ1) is 15.0. The molecule has 22 heavy (non-hydrogen) atoms. The SMILES string of the molecule is CCc1ccc(C(=O)NC2CC3CCC(C2)N3)cc1[N+](=O)[O-]. The lowest BCUT2D eigenvalue weighted by molar-refractivity contribution is -0.385. The number of carbonyl (C=O) groups excluding carboxylic acids is 1. The number of aryl methyl sites for hydroxylation is 1. The van der Waals surface area contributed by atoms with Crippen molar-refractivity contribution in [2.45, 2.75) is 57.2 Å². The normalized spacial score (nSPS) is 26.7. The first-order chi connectivity index (χ1) is 10.6. The lowest BCUT2D eigenvalue weighted by atomic mass is 9.99. The second-order valence-electron chi connectivity index (χ2n) is 6.23. The second kappa shape index (κ2) is 6.04. The van der Waals surface area contributed by atoms with E-state index in [1.807, 2.05) is 6.92 Å². The minimum atomic E-state index is -0.416. The number of amides is 1. The number of carbonyl (C=O) groups is 1. The van der Waals surface area contributed by atoms with E-state index >= 15 is 0 Å². The van der Waals surface area contributed by atoms with Gasteiger partial charge in [0.05, 0.1) is 4.92 Å². The predicted molar refractivity (Wildman–Crippen MR) is 82.9 cm³/mol. The van der Waals surface area contributed by atoms with Gasteiger partial charge in [0.25, 0.3) is 11.6 Å². The van der Waals surface area contributed by atoms with Crippen molar-refractivity contribution in [2.75, 3.05) is 0 Å². The largest absolute Gasteiger partial charge is 0.349 e. The number of nitrogens with zero attached hydrogens (tertiary/aromatic N) is 1. The summed E-state index contributed by atoms with van der Waals surface area (Å²) in [4.78, 5) is 23.1. The molecule has 0 saturated carbocycles. The molecule has 3 rings (SSSR count). The van der Waals surface area contributed by atoms with Gasteiger partial charge < -0.3 is 10.6 Å². The van der Waals surface area contributed by atoms with Gasteiger partial charge >= 0.3 is 0 Å². The molecule has 0 aromatic heterocycles. The van der Waals surface area contributed by atoms with Crippen LogP contribution < -0.4 is 10.6 Å². The third-order valence-electron chi connectivity index (χ3n) is 4.73. The van der Waals surface area contributed by atoms with Gasteiger partial charge in [0, 0.05) is 35.3 Å². The highest BCUT2D eigenvalue weighted by atomic mass is 16.6. The van der Waals surface area contributed by atoms with Crippen LogP contribution >= 0.6 is 0 Å². The molecular formula is C16H21N3O3. The van der Waals surface area contributed by atoms with Gasteiger partial charge in [-0.1, -0.05) is 13.0 Å². The summed E-state index contributed by atoms with van der Waals surface area (Å²) in [6, 6.07) is 5.91. The number of benzene rings is 1. The summed E-state index contributed by atoms with van der Waals surface area (Å²) in [7, 11) is 0. The van der Waals surface area contributed by atoms with E-state index in [1.165, 1.54) is 18.9 Å². The van der Waals surface area contributed by atoms with E-state index in [-0.39, 0.29) is 17.6 Å². The molecule has 2 aliphatic heterocycles. The monoisotopic (exact) mass is 303 g/mol. The Morgan fingerprint density at radius 3 is 2.64 bits per heavy atom. The molecule has 2 unspecified atom stereocenters. The lowest BCUT2D eigenvalue weighted by Gasteiger charge is -2.29. The average Bonchev–Trinajstić information content (AvgIpc) is 2.85. The van der Waals surface area contributed by atoms with E-state index < -0.39 is 4.92 Å². The fraction of sp³-hybridized carbons (Fsp3) is 0.562. The summed E-state index contributed by atoms with van der Waals surface area (Å²) in [5, 5.41) is 17.7. The van der Waals surface area contributed by atoms with Crippen molar-refractivity contribution in [1.82, 2.24) is 10.6 Å². The van der Waals surface area contributed by atoms with Gasteiger partial charge in [-0.15, -0.1) is 0 Å². The maximum Gasteiger partial charge on any atom is 0.273 e. The van der Waals surface area contributed by atoms with Crippen LogP contribution in [0.1, 0.15) is 48.5 Å². The number of hydrogen-bond acceptors (Lipinski definition) is 4. The summed E-state index contributed by atoms with van der Waals surface area (Å²) in [6.07, 6.45) is 4.81. The van der Waals surface area contributed by atoms with Gasteiger partial charge in [0.2, 0.25) is 0 Å². The number of fused-ring (bicyclic) bond motifs is 2. The average molecular weight is 303 g/mol. The highest BCUT2D eigenvalue weighted by molar-refractivity contribution is 5.95. The summed E-state index contributed by atoms with van der Waals surface area (Å²) < 4.78 is 0. The zero-order valence-corrected chi connectivity index (χ0v) is 12.7. The van der Waals surface area contributed by atoms with Crippen molar-refractivity contribution < 1.29 is 9.72 Å². The topological polar surface area (TPSA) is 84.3 Å². The van der Waals surface area contributed by atoms with Gasteiger partial charge in [-0.05, 0) is 38.2 Å². The molecule has 6 nitrogen and oxygen atoms in total. The van der Waals surface area contributed by atoms with Crippen LogP contribution in [0.2, 0.25) is 0 Å². The summed E-state index contributed by atoms with van der Waals surface area (Å²) in [6.45, 7) is 1.87. The molecule has 1 amide bonds. The van der Waals surface area contributed by atoms with Crippen LogP contribution in [0.5, 0.6) is 0 Å². The van der Waals surface area contributed by atoms with E-state index in [2.05, 4.69) is 10.6 Å². The number of nitro groups is 1. The molecule has 6 heteroatoms. The number of rotatable bonds is 4. The molecule has 2 N–H and O–H groups in total. The van der Waals surface area contributed by atoms with E-state index in [1.54, 1.807) is 12.1 Å². The number of nitro benzene ring substituents is 1. The quantitative estimate of drug-likeness (QED) is 0.659. The van der Waals surface area contributed by atoms with E-state index in [9.17, 15) is 14.9 Å². The standard InChI is InChI=1S/C16H21N3O3/c1-2-10-3-4-11(7-15(10)19(21)22)16(20)18-14-8-12-5-6-13(9-14)17-12/h3-4,7,12-14,17H,2,5-6,8-9H2,1H3,(H,18,20). The lowest BCUT2D eigenvalue weighted by Crippen LogP contribution is -2.48. The molecule has 0 aliphatic carbocycles. The van der Waals surface area contributed by atoms with E-state index in [4.69, 9.17) is 0 Å². The molecule has 118 valence electrons. The van der Waals surface area contributed by atoms with Crippen molar-refractivity contribution in [3.05, 3.63) is 39.4 Å². The molecule has 2 bridgehead atoms. The van der Waals surface area contributed by atoms with Crippen LogP contribution in [0.3, 0.4) is 0 Å². The van der Waals surface area contributed by atoms with Crippen molar-refractivity contribution >= 4 is 11.6 Å².